The Morgan fingerprint density at radius 2 is 2.36 bits per heavy atom. The van der Waals surface area contributed by atoms with Crippen LogP contribution in [0.1, 0.15) is 43.0 Å². The highest BCUT2D eigenvalue weighted by molar-refractivity contribution is 5.94. The predicted molar refractivity (Wildman–Crippen MR) is 55.6 cm³/mol. The summed E-state index contributed by atoms with van der Waals surface area (Å²) in [5, 5.41) is 7.46. The Labute approximate surface area is 83.6 Å². The molecule has 76 valence electrons. The van der Waals surface area contributed by atoms with Crippen molar-refractivity contribution < 1.29 is 0 Å². The summed E-state index contributed by atoms with van der Waals surface area (Å²) in [6.07, 6.45) is 3.37. The molecule has 1 unspecified atom stereocenters. The van der Waals surface area contributed by atoms with Crippen molar-refractivity contribution >= 4 is 5.84 Å². The standard InChI is InChI=1S/C10H16N4/c1-6-4-3-5-8-9(10(11)12)13-7(2)14(6)8/h6H,3-5H2,1-2H3,(H3,11,12). The summed E-state index contributed by atoms with van der Waals surface area (Å²) in [6, 6.07) is 0.499. The minimum atomic E-state index is 0.0935. The fourth-order valence-electron chi connectivity index (χ4n) is 2.32. The Morgan fingerprint density at radius 3 is 3.00 bits per heavy atom. The fraction of sp³-hybridized carbons (Fsp3) is 0.600. The molecule has 0 radical (unpaired) electrons. The molecule has 0 amide bonds. The molecule has 0 aliphatic carbocycles. The molecule has 0 bridgehead atoms. The van der Waals surface area contributed by atoms with E-state index in [0.29, 0.717) is 11.7 Å². The van der Waals surface area contributed by atoms with Crippen LogP contribution in [0.4, 0.5) is 0 Å². The minimum Gasteiger partial charge on any atom is -0.382 e. The molecule has 1 aliphatic rings. The van der Waals surface area contributed by atoms with E-state index < -0.39 is 0 Å². The number of rotatable bonds is 1. The van der Waals surface area contributed by atoms with Crippen LogP contribution in [0.5, 0.6) is 0 Å². The summed E-state index contributed by atoms with van der Waals surface area (Å²) in [7, 11) is 0. The number of aromatic nitrogens is 2. The van der Waals surface area contributed by atoms with E-state index in [-0.39, 0.29) is 5.84 Å². The Hall–Kier alpha value is -1.32. The summed E-state index contributed by atoms with van der Waals surface area (Å²) < 4.78 is 2.22. The fourth-order valence-corrected chi connectivity index (χ4v) is 2.32. The predicted octanol–water partition coefficient (Wildman–Crippen LogP) is 1.37. The molecule has 0 spiro atoms. The number of amidine groups is 1. The van der Waals surface area contributed by atoms with Crippen LogP contribution < -0.4 is 5.73 Å². The largest absolute Gasteiger partial charge is 0.382 e. The van der Waals surface area contributed by atoms with Crippen LogP contribution in [0.25, 0.3) is 0 Å². The number of fused-ring (bicyclic) bond motifs is 1. The average Bonchev–Trinajstić information content (AvgIpc) is 2.45. The van der Waals surface area contributed by atoms with E-state index in [0.717, 1.165) is 17.9 Å². The second-order valence-corrected chi connectivity index (χ2v) is 3.98. The van der Waals surface area contributed by atoms with Gasteiger partial charge in [0.25, 0.3) is 0 Å². The third kappa shape index (κ3) is 1.22. The summed E-state index contributed by atoms with van der Waals surface area (Å²) in [6.45, 7) is 4.18. The van der Waals surface area contributed by atoms with Gasteiger partial charge in [0.15, 0.2) is 0 Å². The highest BCUT2D eigenvalue weighted by Gasteiger charge is 2.23. The molecular weight excluding hydrogens is 176 g/mol. The number of nitrogens with zero attached hydrogens (tertiary/aromatic N) is 2. The maximum absolute atomic E-state index is 7.46. The van der Waals surface area contributed by atoms with Crippen LogP contribution in [0.2, 0.25) is 0 Å². The first-order chi connectivity index (χ1) is 6.61. The van der Waals surface area contributed by atoms with Crippen molar-refractivity contribution in [2.45, 2.75) is 39.2 Å². The SMILES string of the molecule is Cc1nc(C(=N)N)c2n1C(C)CCC2. The molecular formula is C10H16N4. The molecule has 3 N–H and O–H groups in total. The molecule has 0 fully saturated rings. The van der Waals surface area contributed by atoms with E-state index >= 15 is 0 Å². The van der Waals surface area contributed by atoms with Gasteiger partial charge in [-0.1, -0.05) is 0 Å². The average molecular weight is 192 g/mol. The number of nitrogen functional groups attached to an aromatic ring is 1. The molecule has 2 heterocycles. The Morgan fingerprint density at radius 1 is 1.64 bits per heavy atom. The van der Waals surface area contributed by atoms with Crippen LogP contribution in [-0.4, -0.2) is 15.4 Å². The molecule has 0 saturated heterocycles. The molecule has 2 rings (SSSR count). The first kappa shape index (κ1) is 9.24. The molecule has 4 heteroatoms. The molecule has 4 nitrogen and oxygen atoms in total. The summed E-state index contributed by atoms with van der Waals surface area (Å²) in [5.41, 5.74) is 7.34. The Bertz CT molecular complexity index is 378. The highest BCUT2D eigenvalue weighted by Crippen LogP contribution is 2.27. The van der Waals surface area contributed by atoms with Crippen molar-refractivity contribution in [3.63, 3.8) is 0 Å². The van der Waals surface area contributed by atoms with E-state index in [9.17, 15) is 0 Å². The monoisotopic (exact) mass is 192 g/mol. The molecule has 1 aromatic heterocycles. The number of hydrogen-bond acceptors (Lipinski definition) is 2. The van der Waals surface area contributed by atoms with Gasteiger partial charge in [-0.15, -0.1) is 0 Å². The van der Waals surface area contributed by atoms with Gasteiger partial charge in [0.1, 0.15) is 17.4 Å². The van der Waals surface area contributed by atoms with Gasteiger partial charge >= 0.3 is 0 Å². The van der Waals surface area contributed by atoms with Crippen molar-refractivity contribution in [3.05, 3.63) is 17.2 Å². The second kappa shape index (κ2) is 3.12. The second-order valence-electron chi connectivity index (χ2n) is 3.98. The zero-order valence-electron chi connectivity index (χ0n) is 8.67. The first-order valence-electron chi connectivity index (χ1n) is 5.03. The van der Waals surface area contributed by atoms with Gasteiger partial charge in [-0.25, -0.2) is 4.98 Å². The topological polar surface area (TPSA) is 67.7 Å². The molecule has 14 heavy (non-hydrogen) atoms. The van der Waals surface area contributed by atoms with Crippen molar-refractivity contribution in [3.8, 4) is 0 Å². The number of imidazole rings is 1. The summed E-state index contributed by atoms with van der Waals surface area (Å²) >= 11 is 0. The number of nitrogens with two attached hydrogens (primary N) is 1. The van der Waals surface area contributed by atoms with Gasteiger partial charge < -0.3 is 10.3 Å². The Balaban J connectivity index is 2.57. The van der Waals surface area contributed by atoms with Crippen molar-refractivity contribution in [1.82, 2.24) is 9.55 Å². The summed E-state index contributed by atoms with van der Waals surface area (Å²) in [5.74, 6) is 1.08. The third-order valence-corrected chi connectivity index (χ3v) is 2.92. The van der Waals surface area contributed by atoms with Gasteiger partial charge in [-0.2, -0.15) is 0 Å². The molecule has 1 aliphatic heterocycles. The smallest absolute Gasteiger partial charge is 0.143 e. The minimum absolute atomic E-state index is 0.0935. The van der Waals surface area contributed by atoms with Gasteiger partial charge in [-0.05, 0) is 33.1 Å². The van der Waals surface area contributed by atoms with Gasteiger partial charge in [-0.3, -0.25) is 5.41 Å². The first-order valence-corrected chi connectivity index (χ1v) is 5.03. The van der Waals surface area contributed by atoms with Crippen molar-refractivity contribution in [1.29, 1.82) is 5.41 Å². The van der Waals surface area contributed by atoms with Crippen molar-refractivity contribution in [2.75, 3.05) is 0 Å². The third-order valence-electron chi connectivity index (χ3n) is 2.92. The maximum atomic E-state index is 7.46. The zero-order valence-corrected chi connectivity index (χ0v) is 8.67. The lowest BCUT2D eigenvalue weighted by Gasteiger charge is -2.23. The lowest BCUT2D eigenvalue weighted by Crippen LogP contribution is -2.20. The Kier molecular flexibility index (Phi) is 2.06. The highest BCUT2D eigenvalue weighted by atomic mass is 15.1. The summed E-state index contributed by atoms with van der Waals surface area (Å²) in [4.78, 5) is 4.36. The maximum Gasteiger partial charge on any atom is 0.143 e. The molecule has 1 aromatic rings. The van der Waals surface area contributed by atoms with Crippen LogP contribution in [0.15, 0.2) is 0 Å². The van der Waals surface area contributed by atoms with Crippen LogP contribution >= 0.6 is 0 Å². The van der Waals surface area contributed by atoms with Crippen LogP contribution in [0.3, 0.4) is 0 Å². The van der Waals surface area contributed by atoms with E-state index in [1.54, 1.807) is 0 Å². The van der Waals surface area contributed by atoms with E-state index in [1.165, 1.54) is 12.8 Å². The van der Waals surface area contributed by atoms with Crippen LogP contribution in [-0.2, 0) is 6.42 Å². The van der Waals surface area contributed by atoms with Gasteiger partial charge in [0.2, 0.25) is 0 Å². The number of nitrogens with one attached hydrogen (secondary N) is 1. The normalized spacial score (nSPS) is 20.6. The number of hydrogen-bond donors (Lipinski definition) is 2. The van der Waals surface area contributed by atoms with Gasteiger partial charge in [0, 0.05) is 11.7 Å². The number of aryl methyl sites for hydroxylation is 1. The molecule has 0 aromatic carbocycles. The van der Waals surface area contributed by atoms with E-state index in [4.69, 9.17) is 11.1 Å². The lowest BCUT2D eigenvalue weighted by molar-refractivity contribution is 0.423. The molecule has 0 saturated carbocycles. The van der Waals surface area contributed by atoms with E-state index in [2.05, 4.69) is 16.5 Å². The lowest BCUT2D eigenvalue weighted by atomic mass is 10.0. The molecule has 1 atom stereocenters. The quantitative estimate of drug-likeness (QED) is 0.521. The van der Waals surface area contributed by atoms with Crippen molar-refractivity contribution in [2.24, 2.45) is 5.73 Å². The van der Waals surface area contributed by atoms with Crippen LogP contribution in [0, 0.1) is 12.3 Å². The van der Waals surface area contributed by atoms with E-state index in [1.807, 2.05) is 6.92 Å². The zero-order chi connectivity index (χ0) is 10.3. The van der Waals surface area contributed by atoms with Gasteiger partial charge in [0.05, 0.1) is 0 Å².